The summed E-state index contributed by atoms with van der Waals surface area (Å²) in [6.45, 7) is 9.12. The van der Waals surface area contributed by atoms with Crippen molar-refractivity contribution in [3.63, 3.8) is 0 Å². The Balaban J connectivity index is 2.12. The van der Waals surface area contributed by atoms with Crippen molar-refractivity contribution in [1.82, 2.24) is 14.6 Å². The molecule has 5 nitrogen and oxygen atoms in total. The fraction of sp³-hybridized carbons (Fsp3) is 0.714. The second-order valence-electron chi connectivity index (χ2n) is 5.75. The van der Waals surface area contributed by atoms with Gasteiger partial charge in [-0.3, -0.25) is 0 Å². The second-order valence-corrected chi connectivity index (χ2v) is 7.69. The van der Waals surface area contributed by atoms with Gasteiger partial charge in [0.05, 0.1) is 4.90 Å². The molecule has 0 bridgehead atoms. The van der Waals surface area contributed by atoms with Crippen molar-refractivity contribution in [2.75, 3.05) is 19.6 Å². The number of piperidine rings is 1. The van der Waals surface area contributed by atoms with Crippen LogP contribution in [0.2, 0.25) is 0 Å². The number of hydrogen-bond donors (Lipinski definition) is 2. The van der Waals surface area contributed by atoms with Crippen LogP contribution in [0.25, 0.3) is 0 Å². The van der Waals surface area contributed by atoms with Crippen molar-refractivity contribution in [1.29, 1.82) is 0 Å². The van der Waals surface area contributed by atoms with Crippen LogP contribution in [0.4, 0.5) is 0 Å². The molecule has 20 heavy (non-hydrogen) atoms. The molecule has 0 aromatic carbocycles. The van der Waals surface area contributed by atoms with E-state index < -0.39 is 10.0 Å². The number of H-pyrrole nitrogens is 1. The monoisotopic (exact) mass is 299 g/mol. The highest BCUT2D eigenvalue weighted by molar-refractivity contribution is 7.89. The zero-order chi connectivity index (χ0) is 14.8. The highest BCUT2D eigenvalue weighted by Crippen LogP contribution is 2.27. The summed E-state index contributed by atoms with van der Waals surface area (Å²) in [5, 5.41) is 3.18. The summed E-state index contributed by atoms with van der Waals surface area (Å²) < 4.78 is 26.8. The van der Waals surface area contributed by atoms with Crippen molar-refractivity contribution in [2.45, 2.75) is 38.6 Å². The number of hydrogen-bond acceptors (Lipinski definition) is 3. The molecule has 1 aromatic heterocycles. The van der Waals surface area contributed by atoms with Crippen LogP contribution in [-0.4, -0.2) is 37.3 Å². The van der Waals surface area contributed by atoms with Crippen LogP contribution >= 0.6 is 0 Å². The highest BCUT2D eigenvalue weighted by Gasteiger charge is 2.32. The molecule has 6 heteroatoms. The first-order chi connectivity index (χ1) is 9.45. The molecule has 1 aliphatic heterocycles. The summed E-state index contributed by atoms with van der Waals surface area (Å²) in [4.78, 5) is 3.42. The lowest BCUT2D eigenvalue weighted by Gasteiger charge is -2.34. The standard InChI is InChI=1S/C14H25N3O2S/c1-4-15-8-13-7-14(9-16-13)20(18,19)17-6-5-11(2)12(3)10-17/h7,9,11-12,15-16H,4-6,8,10H2,1-3H3. The maximum absolute atomic E-state index is 12.6. The molecule has 0 amide bonds. The number of rotatable bonds is 5. The molecule has 2 N–H and O–H groups in total. The Hall–Kier alpha value is -0.850. The number of aromatic nitrogens is 1. The van der Waals surface area contributed by atoms with Gasteiger partial charge in [0.15, 0.2) is 0 Å². The molecule has 0 spiro atoms. The number of nitrogens with one attached hydrogen (secondary N) is 2. The topological polar surface area (TPSA) is 65.2 Å². The van der Waals surface area contributed by atoms with E-state index in [1.165, 1.54) is 0 Å². The average Bonchev–Trinajstić information content (AvgIpc) is 2.89. The first kappa shape index (κ1) is 15.5. The Kier molecular flexibility index (Phi) is 4.88. The van der Waals surface area contributed by atoms with Gasteiger partial charge in [0.1, 0.15) is 0 Å². The molecule has 114 valence electrons. The fourth-order valence-corrected chi connectivity index (χ4v) is 4.10. The fourth-order valence-electron chi connectivity index (χ4n) is 2.52. The van der Waals surface area contributed by atoms with Crippen molar-refractivity contribution in [3.8, 4) is 0 Å². The van der Waals surface area contributed by atoms with E-state index in [0.717, 1.165) is 18.7 Å². The van der Waals surface area contributed by atoms with E-state index in [9.17, 15) is 8.42 Å². The Bertz CT molecular complexity index is 538. The number of sulfonamides is 1. The van der Waals surface area contributed by atoms with E-state index in [1.54, 1.807) is 16.6 Å². The van der Waals surface area contributed by atoms with Crippen molar-refractivity contribution < 1.29 is 8.42 Å². The minimum absolute atomic E-state index is 0.382. The van der Waals surface area contributed by atoms with Crippen molar-refractivity contribution in [3.05, 3.63) is 18.0 Å². The van der Waals surface area contributed by atoms with Gasteiger partial charge in [0, 0.05) is 31.5 Å². The summed E-state index contributed by atoms with van der Waals surface area (Å²) in [5.41, 5.74) is 0.906. The summed E-state index contributed by atoms with van der Waals surface area (Å²) >= 11 is 0. The molecule has 1 aliphatic rings. The normalized spacial score (nSPS) is 24.9. The Morgan fingerprint density at radius 1 is 1.40 bits per heavy atom. The molecule has 2 atom stereocenters. The second kappa shape index (κ2) is 6.28. The molecule has 1 fully saturated rings. The molecular formula is C14H25N3O2S. The minimum Gasteiger partial charge on any atom is -0.363 e. The SMILES string of the molecule is CCNCc1cc(S(=O)(=O)N2CCC(C)C(C)C2)c[nH]1. The van der Waals surface area contributed by atoms with Crippen LogP contribution in [0.1, 0.15) is 32.9 Å². The summed E-state index contributed by atoms with van der Waals surface area (Å²) in [6, 6.07) is 1.74. The van der Waals surface area contributed by atoms with Gasteiger partial charge in [-0.15, -0.1) is 0 Å². The number of nitrogens with zero attached hydrogens (tertiary/aromatic N) is 1. The molecule has 2 rings (SSSR count). The van der Waals surface area contributed by atoms with Crippen LogP contribution in [-0.2, 0) is 16.6 Å². The number of aromatic amines is 1. The molecular weight excluding hydrogens is 274 g/mol. The average molecular weight is 299 g/mol. The van der Waals surface area contributed by atoms with Crippen molar-refractivity contribution >= 4 is 10.0 Å². The van der Waals surface area contributed by atoms with E-state index in [2.05, 4.69) is 24.1 Å². The van der Waals surface area contributed by atoms with Gasteiger partial charge in [-0.25, -0.2) is 8.42 Å². The summed E-state index contributed by atoms with van der Waals surface area (Å²) in [5.74, 6) is 1.01. The van der Waals surface area contributed by atoms with Gasteiger partial charge >= 0.3 is 0 Å². The zero-order valence-corrected chi connectivity index (χ0v) is 13.3. The first-order valence-electron chi connectivity index (χ1n) is 7.33. The largest absolute Gasteiger partial charge is 0.363 e. The zero-order valence-electron chi connectivity index (χ0n) is 12.5. The lowest BCUT2D eigenvalue weighted by molar-refractivity contribution is 0.212. The summed E-state index contributed by atoms with van der Waals surface area (Å²) in [7, 11) is -3.35. The third-order valence-electron chi connectivity index (χ3n) is 4.22. The van der Waals surface area contributed by atoms with Gasteiger partial charge in [0.25, 0.3) is 0 Å². The van der Waals surface area contributed by atoms with Gasteiger partial charge in [-0.2, -0.15) is 4.31 Å². The third-order valence-corrected chi connectivity index (χ3v) is 6.06. The Morgan fingerprint density at radius 2 is 2.15 bits per heavy atom. The molecule has 0 aliphatic carbocycles. The predicted molar refractivity (Wildman–Crippen MR) is 79.9 cm³/mol. The van der Waals surface area contributed by atoms with Crippen LogP contribution < -0.4 is 5.32 Å². The molecule has 0 radical (unpaired) electrons. The van der Waals surface area contributed by atoms with Crippen LogP contribution in [0, 0.1) is 11.8 Å². The maximum Gasteiger partial charge on any atom is 0.244 e. The van der Waals surface area contributed by atoms with Gasteiger partial charge < -0.3 is 10.3 Å². The molecule has 2 unspecified atom stereocenters. The van der Waals surface area contributed by atoms with Crippen molar-refractivity contribution in [2.24, 2.45) is 11.8 Å². The van der Waals surface area contributed by atoms with Crippen LogP contribution in [0.5, 0.6) is 0 Å². The Labute approximate surface area is 121 Å². The molecule has 0 saturated carbocycles. The van der Waals surface area contributed by atoms with Gasteiger partial charge in [0.2, 0.25) is 10.0 Å². The quantitative estimate of drug-likeness (QED) is 0.871. The van der Waals surface area contributed by atoms with Gasteiger partial charge in [-0.05, 0) is 30.9 Å². The Morgan fingerprint density at radius 3 is 2.80 bits per heavy atom. The first-order valence-corrected chi connectivity index (χ1v) is 8.77. The molecule has 2 heterocycles. The highest BCUT2D eigenvalue weighted by atomic mass is 32.2. The lowest BCUT2D eigenvalue weighted by Crippen LogP contribution is -2.42. The summed E-state index contributed by atoms with van der Waals surface area (Å²) in [6.07, 6.45) is 2.54. The van der Waals surface area contributed by atoms with E-state index >= 15 is 0 Å². The van der Waals surface area contributed by atoms with E-state index in [1.807, 2.05) is 6.92 Å². The van der Waals surface area contributed by atoms with E-state index in [0.29, 0.717) is 36.4 Å². The van der Waals surface area contributed by atoms with E-state index in [-0.39, 0.29) is 0 Å². The maximum atomic E-state index is 12.6. The van der Waals surface area contributed by atoms with Gasteiger partial charge in [-0.1, -0.05) is 20.8 Å². The molecule has 1 aromatic rings. The van der Waals surface area contributed by atoms with Crippen LogP contribution in [0.15, 0.2) is 17.2 Å². The third kappa shape index (κ3) is 3.24. The molecule has 1 saturated heterocycles. The minimum atomic E-state index is -3.35. The van der Waals surface area contributed by atoms with E-state index in [4.69, 9.17) is 0 Å². The lowest BCUT2D eigenvalue weighted by atomic mass is 9.90. The predicted octanol–water partition coefficient (Wildman–Crippen LogP) is 1.79. The van der Waals surface area contributed by atoms with Crippen LogP contribution in [0.3, 0.4) is 0 Å². The smallest absolute Gasteiger partial charge is 0.244 e.